The highest BCUT2D eigenvalue weighted by Gasteiger charge is 2.06. The van der Waals surface area contributed by atoms with Gasteiger partial charge < -0.3 is 10.1 Å². The molecule has 1 aliphatic rings. The normalized spacial score (nSPS) is 11.9. The highest BCUT2D eigenvalue weighted by molar-refractivity contribution is 8.10. The van der Waals surface area contributed by atoms with Gasteiger partial charge in [0.2, 0.25) is 4.38 Å². The van der Waals surface area contributed by atoms with E-state index in [-0.39, 0.29) is 0 Å². The van der Waals surface area contributed by atoms with E-state index in [0.29, 0.717) is 11.0 Å². The SMILES string of the molecule is CCOC(=S)S.c1ccc2c(c1)NCS2. The lowest BCUT2D eigenvalue weighted by atomic mass is 10.3. The van der Waals surface area contributed by atoms with Crippen LogP contribution in [0.25, 0.3) is 0 Å². The van der Waals surface area contributed by atoms with Gasteiger partial charge in [-0.1, -0.05) is 24.8 Å². The molecule has 0 unspecified atom stereocenters. The highest BCUT2D eigenvalue weighted by Crippen LogP contribution is 2.32. The maximum Gasteiger partial charge on any atom is 0.216 e. The van der Waals surface area contributed by atoms with Crippen molar-refractivity contribution in [2.24, 2.45) is 0 Å². The number of hydrogen-bond donors (Lipinski definition) is 2. The number of para-hydroxylation sites is 1. The van der Waals surface area contributed by atoms with Crippen LogP contribution in [-0.4, -0.2) is 16.9 Å². The Kier molecular flexibility index (Phi) is 5.90. The molecule has 0 aromatic heterocycles. The number of hydrogen-bond acceptors (Lipinski definition) is 4. The minimum absolute atomic E-state index is 0.317. The molecule has 1 aromatic rings. The zero-order valence-electron chi connectivity index (χ0n) is 8.40. The van der Waals surface area contributed by atoms with Crippen LogP contribution in [0.2, 0.25) is 0 Å². The Labute approximate surface area is 105 Å². The van der Waals surface area contributed by atoms with Gasteiger partial charge in [-0.05, 0) is 31.3 Å². The minimum atomic E-state index is 0.317. The van der Waals surface area contributed by atoms with Gasteiger partial charge in [0.05, 0.1) is 12.5 Å². The van der Waals surface area contributed by atoms with E-state index >= 15 is 0 Å². The van der Waals surface area contributed by atoms with E-state index < -0.39 is 0 Å². The van der Waals surface area contributed by atoms with Gasteiger partial charge >= 0.3 is 0 Å². The fraction of sp³-hybridized carbons (Fsp3) is 0.300. The Morgan fingerprint density at radius 2 is 2.33 bits per heavy atom. The monoisotopic (exact) mass is 259 g/mol. The van der Waals surface area contributed by atoms with Gasteiger partial charge in [0.1, 0.15) is 0 Å². The van der Waals surface area contributed by atoms with E-state index in [9.17, 15) is 0 Å². The van der Waals surface area contributed by atoms with E-state index in [2.05, 4.69) is 59.2 Å². The van der Waals surface area contributed by atoms with Crippen molar-refractivity contribution >= 4 is 46.7 Å². The Bertz CT molecular complexity index is 307. The van der Waals surface area contributed by atoms with Crippen molar-refractivity contribution in [1.29, 1.82) is 0 Å². The maximum absolute atomic E-state index is 4.64. The van der Waals surface area contributed by atoms with Crippen LogP contribution in [0, 0.1) is 0 Å². The van der Waals surface area contributed by atoms with Crippen molar-refractivity contribution in [3.8, 4) is 0 Å². The summed E-state index contributed by atoms with van der Waals surface area (Å²) in [7, 11) is 0. The molecule has 1 aliphatic heterocycles. The van der Waals surface area contributed by atoms with Crippen molar-refractivity contribution in [1.82, 2.24) is 0 Å². The molecule has 0 saturated heterocycles. The Morgan fingerprint density at radius 3 is 2.87 bits per heavy atom. The van der Waals surface area contributed by atoms with Crippen molar-refractivity contribution in [2.45, 2.75) is 11.8 Å². The molecule has 2 nitrogen and oxygen atoms in total. The third-order valence-electron chi connectivity index (χ3n) is 1.65. The number of rotatable bonds is 1. The van der Waals surface area contributed by atoms with Crippen LogP contribution in [0.15, 0.2) is 29.2 Å². The number of nitrogens with one attached hydrogen (secondary N) is 1. The van der Waals surface area contributed by atoms with Crippen LogP contribution in [0.1, 0.15) is 6.92 Å². The van der Waals surface area contributed by atoms with Gasteiger partial charge in [0, 0.05) is 10.6 Å². The molecule has 0 aliphatic carbocycles. The number of benzene rings is 1. The third-order valence-corrected chi connectivity index (χ3v) is 2.85. The minimum Gasteiger partial charge on any atom is -0.479 e. The zero-order valence-corrected chi connectivity index (χ0v) is 10.9. The lowest BCUT2D eigenvalue weighted by molar-refractivity contribution is 0.346. The summed E-state index contributed by atoms with van der Waals surface area (Å²) in [5.74, 6) is 1.03. The van der Waals surface area contributed by atoms with Crippen LogP contribution < -0.4 is 5.32 Å². The van der Waals surface area contributed by atoms with Gasteiger partial charge in [-0.15, -0.1) is 11.8 Å². The molecule has 0 saturated carbocycles. The molecule has 1 aromatic carbocycles. The van der Waals surface area contributed by atoms with Gasteiger partial charge in [-0.2, -0.15) is 0 Å². The number of anilines is 1. The summed E-state index contributed by atoms with van der Waals surface area (Å²) in [6.45, 7) is 2.48. The van der Waals surface area contributed by atoms with Crippen LogP contribution in [0.5, 0.6) is 0 Å². The molecular formula is C10H13NOS3. The fourth-order valence-electron chi connectivity index (χ4n) is 1.05. The van der Waals surface area contributed by atoms with Gasteiger partial charge in [-0.3, -0.25) is 0 Å². The molecule has 82 valence electrons. The average molecular weight is 259 g/mol. The van der Waals surface area contributed by atoms with E-state index in [1.54, 1.807) is 0 Å². The number of fused-ring (bicyclic) bond motifs is 1. The van der Waals surface area contributed by atoms with Crippen LogP contribution in [0.4, 0.5) is 5.69 Å². The van der Waals surface area contributed by atoms with E-state index in [0.717, 1.165) is 5.88 Å². The molecule has 0 fully saturated rings. The molecule has 15 heavy (non-hydrogen) atoms. The quantitative estimate of drug-likeness (QED) is 0.595. The van der Waals surface area contributed by atoms with Crippen LogP contribution >= 0.6 is 36.6 Å². The first-order valence-corrected chi connectivity index (χ1v) is 6.39. The lowest BCUT2D eigenvalue weighted by Gasteiger charge is -1.92. The predicted octanol–water partition coefficient (Wildman–Crippen LogP) is 3.40. The summed E-state index contributed by atoms with van der Waals surface area (Å²) in [6, 6.07) is 8.37. The lowest BCUT2D eigenvalue weighted by Crippen LogP contribution is -1.89. The summed E-state index contributed by atoms with van der Waals surface area (Å²) in [5.41, 5.74) is 1.28. The van der Waals surface area contributed by atoms with Gasteiger partial charge in [0.25, 0.3) is 0 Å². The average Bonchev–Trinajstić information content (AvgIpc) is 2.65. The number of ether oxygens (including phenoxy) is 1. The second kappa shape index (κ2) is 6.98. The molecule has 1 heterocycles. The molecule has 5 heteroatoms. The van der Waals surface area contributed by atoms with Crippen molar-refractivity contribution in [3.63, 3.8) is 0 Å². The molecule has 1 N–H and O–H groups in total. The molecule has 0 radical (unpaired) electrons. The summed E-state index contributed by atoms with van der Waals surface area (Å²) in [6.07, 6.45) is 0. The molecule has 0 atom stereocenters. The third kappa shape index (κ3) is 4.77. The molecule has 0 amide bonds. The maximum atomic E-state index is 4.64. The fourth-order valence-corrected chi connectivity index (χ4v) is 2.15. The zero-order chi connectivity index (χ0) is 11.1. The van der Waals surface area contributed by atoms with Gasteiger partial charge in [-0.25, -0.2) is 0 Å². The summed E-state index contributed by atoms with van der Waals surface area (Å²) >= 11 is 9.98. The van der Waals surface area contributed by atoms with E-state index in [1.165, 1.54) is 10.6 Å². The van der Waals surface area contributed by atoms with Crippen LogP contribution in [-0.2, 0) is 4.74 Å². The van der Waals surface area contributed by atoms with Crippen molar-refractivity contribution < 1.29 is 4.74 Å². The van der Waals surface area contributed by atoms with Gasteiger partial charge in [0.15, 0.2) is 0 Å². The largest absolute Gasteiger partial charge is 0.479 e. The highest BCUT2D eigenvalue weighted by atomic mass is 32.2. The second-order valence-corrected chi connectivity index (χ2v) is 4.76. The summed E-state index contributed by atoms with van der Waals surface area (Å²) in [5, 5.41) is 3.26. The van der Waals surface area contributed by atoms with E-state index in [1.807, 2.05) is 18.7 Å². The number of thiol groups is 1. The smallest absolute Gasteiger partial charge is 0.216 e. The molecular weight excluding hydrogens is 246 g/mol. The second-order valence-electron chi connectivity index (χ2n) is 2.66. The summed E-state index contributed by atoms with van der Waals surface area (Å²) < 4.78 is 4.95. The standard InChI is InChI=1S/C7H7NS.C3H6OS2/c1-2-4-7-6(3-1)8-5-9-7;1-2-4-3(5)6/h1-4,8H,5H2;2H2,1H3,(H,5,6). The van der Waals surface area contributed by atoms with Crippen molar-refractivity contribution in [3.05, 3.63) is 24.3 Å². The molecule has 2 rings (SSSR count). The molecule has 0 spiro atoms. The number of thioether (sulfide) groups is 1. The van der Waals surface area contributed by atoms with Crippen LogP contribution in [0.3, 0.4) is 0 Å². The Morgan fingerprint density at radius 1 is 1.60 bits per heavy atom. The summed E-state index contributed by atoms with van der Waals surface area (Å²) in [4.78, 5) is 1.37. The predicted molar refractivity (Wildman–Crippen MR) is 74.0 cm³/mol. The number of thiocarbonyl (C=S) groups is 1. The molecule has 0 bridgehead atoms. The van der Waals surface area contributed by atoms with E-state index in [4.69, 9.17) is 0 Å². The first-order chi connectivity index (χ1) is 7.24. The topological polar surface area (TPSA) is 21.3 Å². The Balaban J connectivity index is 0.000000167. The first kappa shape index (κ1) is 12.7. The van der Waals surface area contributed by atoms with Crippen molar-refractivity contribution in [2.75, 3.05) is 17.8 Å². The Hall–Kier alpha value is -0.390. The first-order valence-electron chi connectivity index (χ1n) is 4.55.